The molecule has 0 radical (unpaired) electrons. The number of thiazole rings is 1. The number of amides is 1. The molecule has 3 rings (SSSR count). The van der Waals surface area contributed by atoms with E-state index in [1.54, 1.807) is 23.1 Å². The molecule has 116 valence electrons. The number of thioether (sulfide) groups is 1. The highest BCUT2D eigenvalue weighted by Gasteiger charge is 2.23. The molecular formula is C17H20N2OS2. The van der Waals surface area contributed by atoms with Gasteiger partial charge in [-0.3, -0.25) is 4.79 Å². The molecule has 1 aliphatic rings. The summed E-state index contributed by atoms with van der Waals surface area (Å²) in [6, 6.07) is 7.94. The molecule has 0 saturated carbocycles. The van der Waals surface area contributed by atoms with Crippen LogP contribution in [0.25, 0.3) is 0 Å². The van der Waals surface area contributed by atoms with E-state index in [0.717, 1.165) is 41.4 Å². The van der Waals surface area contributed by atoms with Gasteiger partial charge in [0.25, 0.3) is 5.91 Å². The highest BCUT2D eigenvalue weighted by Crippen LogP contribution is 2.28. The van der Waals surface area contributed by atoms with Crippen LogP contribution in [0.4, 0.5) is 0 Å². The molecule has 1 unspecified atom stereocenters. The Kier molecular flexibility index (Phi) is 5.16. The van der Waals surface area contributed by atoms with Gasteiger partial charge >= 0.3 is 0 Å². The lowest BCUT2D eigenvalue weighted by atomic mass is 9.99. The zero-order valence-corrected chi connectivity index (χ0v) is 14.3. The van der Waals surface area contributed by atoms with E-state index in [0.29, 0.717) is 5.92 Å². The third-order valence-corrected chi connectivity index (χ3v) is 5.66. The number of piperidine rings is 1. The molecule has 1 amide bonds. The molecule has 22 heavy (non-hydrogen) atoms. The lowest BCUT2D eigenvalue weighted by Gasteiger charge is -2.31. The number of aromatic nitrogens is 1. The number of carbonyl (C=O) groups excluding carboxylic acids is 1. The van der Waals surface area contributed by atoms with E-state index >= 15 is 0 Å². The smallest absolute Gasteiger partial charge is 0.254 e. The summed E-state index contributed by atoms with van der Waals surface area (Å²) in [6.07, 6.45) is 2.34. The van der Waals surface area contributed by atoms with E-state index < -0.39 is 0 Å². The predicted molar refractivity (Wildman–Crippen MR) is 92.4 cm³/mol. The minimum Gasteiger partial charge on any atom is -0.338 e. The van der Waals surface area contributed by atoms with Crippen LogP contribution in [0.5, 0.6) is 0 Å². The van der Waals surface area contributed by atoms with Crippen molar-refractivity contribution in [1.82, 2.24) is 9.88 Å². The molecule has 0 N–H and O–H groups in total. The number of nitrogens with zero attached hydrogens (tertiary/aromatic N) is 2. The van der Waals surface area contributed by atoms with E-state index in [2.05, 4.69) is 17.3 Å². The molecule has 1 saturated heterocycles. The minimum absolute atomic E-state index is 0.174. The van der Waals surface area contributed by atoms with E-state index in [1.807, 2.05) is 34.7 Å². The fraction of sp³-hybridized carbons (Fsp3) is 0.412. The first-order valence-electron chi connectivity index (χ1n) is 7.62. The summed E-state index contributed by atoms with van der Waals surface area (Å²) >= 11 is 3.30. The SMILES string of the molecule is CC1CCCN(C(=O)c2ccccc2SCc2cscn2)C1. The van der Waals surface area contributed by atoms with Crippen LogP contribution >= 0.6 is 23.1 Å². The van der Waals surface area contributed by atoms with Crippen LogP contribution in [0.2, 0.25) is 0 Å². The van der Waals surface area contributed by atoms with Crippen LogP contribution in [0, 0.1) is 5.92 Å². The Morgan fingerprint density at radius 3 is 3.09 bits per heavy atom. The molecule has 0 aliphatic carbocycles. The second kappa shape index (κ2) is 7.29. The third-order valence-electron chi connectivity index (χ3n) is 3.92. The van der Waals surface area contributed by atoms with Crippen molar-refractivity contribution in [3.63, 3.8) is 0 Å². The summed E-state index contributed by atoms with van der Waals surface area (Å²) in [5, 5.41) is 2.06. The van der Waals surface area contributed by atoms with Gasteiger partial charge in [-0.25, -0.2) is 4.98 Å². The lowest BCUT2D eigenvalue weighted by molar-refractivity contribution is 0.0679. The van der Waals surface area contributed by atoms with Crippen molar-refractivity contribution in [2.45, 2.75) is 30.4 Å². The van der Waals surface area contributed by atoms with Gasteiger partial charge in [0.15, 0.2) is 0 Å². The molecule has 0 bridgehead atoms. The Morgan fingerprint density at radius 2 is 2.32 bits per heavy atom. The number of rotatable bonds is 4. The molecule has 1 fully saturated rings. The molecule has 1 aliphatic heterocycles. The standard InChI is InChI=1S/C17H20N2OS2/c1-13-5-4-8-19(9-13)17(20)15-6-2-3-7-16(15)22-11-14-10-21-12-18-14/h2-3,6-7,10,12-13H,4-5,8-9,11H2,1H3. The van der Waals surface area contributed by atoms with Gasteiger partial charge in [0.1, 0.15) is 0 Å². The van der Waals surface area contributed by atoms with Crippen LogP contribution in [-0.2, 0) is 5.75 Å². The van der Waals surface area contributed by atoms with E-state index in [-0.39, 0.29) is 5.91 Å². The molecular weight excluding hydrogens is 312 g/mol. The average Bonchev–Trinajstić information content (AvgIpc) is 3.06. The summed E-state index contributed by atoms with van der Waals surface area (Å²) in [5.74, 6) is 1.59. The van der Waals surface area contributed by atoms with Crippen LogP contribution in [0.15, 0.2) is 40.1 Å². The van der Waals surface area contributed by atoms with Gasteiger partial charge in [0.05, 0.1) is 16.8 Å². The summed E-state index contributed by atoms with van der Waals surface area (Å²) in [4.78, 5) is 20.2. The van der Waals surface area contributed by atoms with Crippen molar-refractivity contribution in [1.29, 1.82) is 0 Å². The Hall–Kier alpha value is -1.33. The molecule has 3 nitrogen and oxygen atoms in total. The number of benzene rings is 1. The zero-order chi connectivity index (χ0) is 15.4. The van der Waals surface area contributed by atoms with Gasteiger partial charge in [-0.1, -0.05) is 19.1 Å². The van der Waals surface area contributed by atoms with E-state index in [1.165, 1.54) is 6.42 Å². The topological polar surface area (TPSA) is 33.2 Å². The van der Waals surface area contributed by atoms with Gasteiger partial charge in [0.2, 0.25) is 0 Å². The molecule has 1 aromatic carbocycles. The third kappa shape index (κ3) is 3.70. The number of hydrogen-bond donors (Lipinski definition) is 0. The Balaban J connectivity index is 1.73. The van der Waals surface area contributed by atoms with Crippen molar-refractivity contribution in [3.05, 3.63) is 46.4 Å². The normalized spacial score (nSPS) is 18.4. The second-order valence-electron chi connectivity index (χ2n) is 5.76. The van der Waals surface area contributed by atoms with Crippen LogP contribution in [0.3, 0.4) is 0 Å². The summed E-state index contributed by atoms with van der Waals surface area (Å²) in [7, 11) is 0. The summed E-state index contributed by atoms with van der Waals surface area (Å²) < 4.78 is 0. The van der Waals surface area contributed by atoms with E-state index in [9.17, 15) is 4.79 Å². The lowest BCUT2D eigenvalue weighted by Crippen LogP contribution is -2.39. The first-order valence-corrected chi connectivity index (χ1v) is 9.55. The van der Waals surface area contributed by atoms with Crippen molar-refractivity contribution in [2.75, 3.05) is 13.1 Å². The van der Waals surface area contributed by atoms with Crippen LogP contribution in [-0.4, -0.2) is 28.9 Å². The average molecular weight is 332 g/mol. The Labute approximate surface area is 139 Å². The fourth-order valence-corrected chi connectivity index (χ4v) is 4.38. The number of likely N-dealkylation sites (tertiary alicyclic amines) is 1. The van der Waals surface area contributed by atoms with Gasteiger partial charge in [-0.15, -0.1) is 23.1 Å². The maximum atomic E-state index is 12.8. The zero-order valence-electron chi connectivity index (χ0n) is 12.7. The van der Waals surface area contributed by atoms with Crippen LogP contribution < -0.4 is 0 Å². The molecule has 1 aromatic heterocycles. The number of hydrogen-bond acceptors (Lipinski definition) is 4. The van der Waals surface area contributed by atoms with Gasteiger partial charge in [-0.05, 0) is 30.9 Å². The number of carbonyl (C=O) groups is 1. The largest absolute Gasteiger partial charge is 0.338 e. The maximum absolute atomic E-state index is 12.8. The summed E-state index contributed by atoms with van der Waals surface area (Å²) in [6.45, 7) is 3.99. The second-order valence-corrected chi connectivity index (χ2v) is 7.50. The Morgan fingerprint density at radius 1 is 1.45 bits per heavy atom. The van der Waals surface area contributed by atoms with Crippen molar-refractivity contribution < 1.29 is 4.79 Å². The molecule has 1 atom stereocenters. The van der Waals surface area contributed by atoms with Crippen molar-refractivity contribution in [2.24, 2.45) is 5.92 Å². The van der Waals surface area contributed by atoms with Gasteiger partial charge in [-0.2, -0.15) is 0 Å². The van der Waals surface area contributed by atoms with Crippen molar-refractivity contribution in [3.8, 4) is 0 Å². The summed E-state index contributed by atoms with van der Waals surface area (Å²) in [5.41, 5.74) is 3.75. The molecule has 0 spiro atoms. The van der Waals surface area contributed by atoms with Gasteiger partial charge < -0.3 is 4.90 Å². The first kappa shape index (κ1) is 15.6. The monoisotopic (exact) mass is 332 g/mol. The molecule has 2 heterocycles. The highest BCUT2D eigenvalue weighted by atomic mass is 32.2. The molecule has 5 heteroatoms. The first-order chi connectivity index (χ1) is 10.7. The van der Waals surface area contributed by atoms with Crippen LogP contribution in [0.1, 0.15) is 35.8 Å². The fourth-order valence-electron chi connectivity index (χ4n) is 2.77. The predicted octanol–water partition coefficient (Wildman–Crippen LogP) is 4.31. The van der Waals surface area contributed by atoms with Crippen molar-refractivity contribution >= 4 is 29.0 Å². The highest BCUT2D eigenvalue weighted by molar-refractivity contribution is 7.98. The molecule has 2 aromatic rings. The Bertz CT molecular complexity index is 627. The minimum atomic E-state index is 0.174. The quantitative estimate of drug-likeness (QED) is 0.782. The van der Waals surface area contributed by atoms with Gasteiger partial charge in [0, 0.05) is 29.1 Å². The maximum Gasteiger partial charge on any atom is 0.254 e. The van der Waals surface area contributed by atoms with E-state index in [4.69, 9.17) is 0 Å².